The molecule has 2 aromatic carbocycles. The van der Waals surface area contributed by atoms with Crippen LogP contribution >= 0.6 is 0 Å². The third-order valence-corrected chi connectivity index (χ3v) is 5.05. The molecule has 0 radical (unpaired) electrons. The Bertz CT molecular complexity index is 944. The lowest BCUT2D eigenvalue weighted by molar-refractivity contribution is -0.131. The summed E-state index contributed by atoms with van der Waals surface area (Å²) in [5.74, 6) is 2.18. The van der Waals surface area contributed by atoms with Crippen LogP contribution in [0.4, 0.5) is 0 Å². The second kappa shape index (κ2) is 7.89. The molecule has 5 nitrogen and oxygen atoms in total. The Kier molecular flexibility index (Phi) is 5.15. The van der Waals surface area contributed by atoms with Crippen molar-refractivity contribution < 1.29 is 13.9 Å². The molecule has 28 heavy (non-hydrogen) atoms. The summed E-state index contributed by atoms with van der Waals surface area (Å²) in [6.07, 6.45) is 2.39. The minimum absolute atomic E-state index is 0.0920. The standard InChI is InChI=1S/C23H24N2O3/c1-16-21(24-23(28-16)18-6-4-3-5-7-18)14-22(26)25(19-10-11-19)15-17-8-12-20(27-2)13-9-17/h3-9,12-13,19H,10-11,14-15H2,1-2H3. The highest BCUT2D eigenvalue weighted by Gasteiger charge is 2.33. The highest BCUT2D eigenvalue weighted by molar-refractivity contribution is 5.79. The van der Waals surface area contributed by atoms with Gasteiger partial charge < -0.3 is 14.1 Å². The predicted octanol–water partition coefficient (Wildman–Crippen LogP) is 4.39. The van der Waals surface area contributed by atoms with Gasteiger partial charge in [0.1, 0.15) is 11.5 Å². The van der Waals surface area contributed by atoms with Crippen LogP contribution in [-0.2, 0) is 17.8 Å². The van der Waals surface area contributed by atoms with Gasteiger partial charge in [0.2, 0.25) is 11.8 Å². The summed E-state index contributed by atoms with van der Waals surface area (Å²) in [5, 5.41) is 0. The Morgan fingerprint density at radius 3 is 2.50 bits per heavy atom. The van der Waals surface area contributed by atoms with Crippen molar-refractivity contribution in [2.24, 2.45) is 0 Å². The van der Waals surface area contributed by atoms with E-state index in [1.165, 1.54) is 0 Å². The molecule has 3 aromatic rings. The van der Waals surface area contributed by atoms with Crippen LogP contribution in [0.25, 0.3) is 11.5 Å². The number of ether oxygens (including phenoxy) is 1. The molecule has 1 aliphatic rings. The third-order valence-electron chi connectivity index (χ3n) is 5.05. The van der Waals surface area contributed by atoms with E-state index in [1.54, 1.807) is 7.11 Å². The number of aromatic nitrogens is 1. The number of hydrogen-bond acceptors (Lipinski definition) is 4. The number of carbonyl (C=O) groups is 1. The molecule has 0 bridgehead atoms. The molecule has 0 atom stereocenters. The van der Waals surface area contributed by atoms with Gasteiger partial charge >= 0.3 is 0 Å². The largest absolute Gasteiger partial charge is 0.497 e. The van der Waals surface area contributed by atoms with E-state index < -0.39 is 0 Å². The summed E-state index contributed by atoms with van der Waals surface area (Å²) >= 11 is 0. The molecule has 5 heteroatoms. The van der Waals surface area contributed by atoms with Gasteiger partial charge in [-0.2, -0.15) is 0 Å². The maximum atomic E-state index is 13.0. The maximum absolute atomic E-state index is 13.0. The lowest BCUT2D eigenvalue weighted by Crippen LogP contribution is -2.34. The Hall–Kier alpha value is -3.08. The van der Waals surface area contributed by atoms with Crippen molar-refractivity contribution in [2.45, 2.75) is 38.8 Å². The second-order valence-corrected chi connectivity index (χ2v) is 7.17. The molecule has 1 aromatic heterocycles. The van der Waals surface area contributed by atoms with Gasteiger partial charge in [0.05, 0.1) is 19.2 Å². The molecule has 1 heterocycles. The van der Waals surface area contributed by atoms with E-state index in [9.17, 15) is 4.79 Å². The summed E-state index contributed by atoms with van der Waals surface area (Å²) in [6, 6.07) is 18.0. The average molecular weight is 376 g/mol. The minimum Gasteiger partial charge on any atom is -0.497 e. The lowest BCUT2D eigenvalue weighted by atomic mass is 10.1. The van der Waals surface area contributed by atoms with E-state index in [0.29, 0.717) is 29.9 Å². The third kappa shape index (κ3) is 4.09. The summed E-state index contributed by atoms with van der Waals surface area (Å²) < 4.78 is 11.0. The molecular weight excluding hydrogens is 352 g/mol. The Morgan fingerprint density at radius 1 is 1.14 bits per heavy atom. The van der Waals surface area contributed by atoms with Crippen LogP contribution in [0.3, 0.4) is 0 Å². The zero-order chi connectivity index (χ0) is 19.5. The molecule has 0 unspecified atom stereocenters. The van der Waals surface area contributed by atoms with Crippen LogP contribution in [0.1, 0.15) is 29.9 Å². The first-order valence-electron chi connectivity index (χ1n) is 9.58. The summed E-state index contributed by atoms with van der Waals surface area (Å²) in [4.78, 5) is 19.6. The number of amides is 1. The zero-order valence-corrected chi connectivity index (χ0v) is 16.2. The number of rotatable bonds is 7. The Balaban J connectivity index is 1.48. The van der Waals surface area contributed by atoms with Gasteiger partial charge in [0, 0.05) is 18.2 Å². The molecule has 0 aliphatic heterocycles. The highest BCUT2D eigenvalue weighted by Crippen LogP contribution is 2.30. The highest BCUT2D eigenvalue weighted by atomic mass is 16.5. The van der Waals surface area contributed by atoms with Gasteiger partial charge in [-0.25, -0.2) is 4.98 Å². The maximum Gasteiger partial charge on any atom is 0.229 e. The molecule has 0 N–H and O–H groups in total. The monoisotopic (exact) mass is 376 g/mol. The molecule has 1 fully saturated rings. The predicted molar refractivity (Wildman–Crippen MR) is 107 cm³/mol. The van der Waals surface area contributed by atoms with Crippen molar-refractivity contribution in [1.29, 1.82) is 0 Å². The van der Waals surface area contributed by atoms with Crippen molar-refractivity contribution >= 4 is 5.91 Å². The number of carbonyl (C=O) groups excluding carboxylic acids is 1. The fraction of sp³-hybridized carbons (Fsp3) is 0.304. The van der Waals surface area contributed by atoms with Crippen LogP contribution in [0.5, 0.6) is 5.75 Å². The lowest BCUT2D eigenvalue weighted by Gasteiger charge is -2.22. The van der Waals surface area contributed by atoms with E-state index in [4.69, 9.17) is 9.15 Å². The molecule has 0 spiro atoms. The summed E-state index contributed by atoms with van der Waals surface area (Å²) in [5.41, 5.74) is 2.73. The van der Waals surface area contributed by atoms with E-state index in [1.807, 2.05) is 66.4 Å². The van der Waals surface area contributed by atoms with Crippen molar-refractivity contribution in [1.82, 2.24) is 9.88 Å². The SMILES string of the molecule is COc1ccc(CN(C(=O)Cc2nc(-c3ccccc3)oc2C)C2CC2)cc1. The Morgan fingerprint density at radius 2 is 1.86 bits per heavy atom. The number of hydrogen-bond donors (Lipinski definition) is 0. The Labute approximate surface area is 165 Å². The summed E-state index contributed by atoms with van der Waals surface area (Å²) in [7, 11) is 1.65. The van der Waals surface area contributed by atoms with E-state index in [2.05, 4.69) is 4.98 Å². The molecule has 1 amide bonds. The molecular formula is C23H24N2O3. The van der Waals surface area contributed by atoms with Crippen molar-refractivity contribution in [3.8, 4) is 17.2 Å². The number of methoxy groups -OCH3 is 1. The van der Waals surface area contributed by atoms with Gasteiger partial charge in [0.15, 0.2) is 0 Å². The van der Waals surface area contributed by atoms with Crippen LogP contribution in [0.15, 0.2) is 59.0 Å². The van der Waals surface area contributed by atoms with Crippen LogP contribution in [-0.4, -0.2) is 28.9 Å². The first-order chi connectivity index (χ1) is 13.6. The van der Waals surface area contributed by atoms with E-state index >= 15 is 0 Å². The number of benzene rings is 2. The molecule has 1 saturated carbocycles. The normalized spacial score (nSPS) is 13.4. The van der Waals surface area contributed by atoms with Gasteiger partial charge in [-0.05, 0) is 49.6 Å². The molecule has 0 saturated heterocycles. The van der Waals surface area contributed by atoms with E-state index in [-0.39, 0.29) is 12.3 Å². The minimum atomic E-state index is 0.0920. The fourth-order valence-electron chi connectivity index (χ4n) is 3.28. The first-order valence-corrected chi connectivity index (χ1v) is 9.58. The van der Waals surface area contributed by atoms with Crippen molar-refractivity contribution in [3.63, 3.8) is 0 Å². The van der Waals surface area contributed by atoms with Gasteiger partial charge in [-0.1, -0.05) is 30.3 Å². The van der Waals surface area contributed by atoms with Crippen LogP contribution < -0.4 is 4.74 Å². The molecule has 4 rings (SSSR count). The first kappa shape index (κ1) is 18.3. The fourth-order valence-corrected chi connectivity index (χ4v) is 3.28. The number of aryl methyl sites for hydroxylation is 1. The molecule has 1 aliphatic carbocycles. The van der Waals surface area contributed by atoms with Gasteiger partial charge in [-0.3, -0.25) is 4.79 Å². The van der Waals surface area contributed by atoms with Gasteiger partial charge in [-0.15, -0.1) is 0 Å². The van der Waals surface area contributed by atoms with Crippen LogP contribution in [0.2, 0.25) is 0 Å². The van der Waals surface area contributed by atoms with Crippen molar-refractivity contribution in [3.05, 3.63) is 71.6 Å². The number of oxazole rings is 1. The smallest absolute Gasteiger partial charge is 0.229 e. The zero-order valence-electron chi connectivity index (χ0n) is 16.2. The second-order valence-electron chi connectivity index (χ2n) is 7.17. The van der Waals surface area contributed by atoms with Gasteiger partial charge in [0.25, 0.3) is 0 Å². The van der Waals surface area contributed by atoms with Crippen LogP contribution in [0, 0.1) is 6.92 Å². The summed E-state index contributed by atoms with van der Waals surface area (Å²) in [6.45, 7) is 2.48. The molecule has 144 valence electrons. The van der Waals surface area contributed by atoms with Crippen molar-refractivity contribution in [2.75, 3.05) is 7.11 Å². The number of nitrogens with zero attached hydrogens (tertiary/aromatic N) is 2. The average Bonchev–Trinajstić information content (AvgIpc) is 3.50. The van der Waals surface area contributed by atoms with E-state index in [0.717, 1.165) is 29.7 Å². The topological polar surface area (TPSA) is 55.6 Å². The quantitative estimate of drug-likeness (QED) is 0.614.